The van der Waals surface area contributed by atoms with Crippen molar-refractivity contribution >= 4 is 22.0 Å². The Labute approximate surface area is 175 Å². The second-order valence-electron chi connectivity index (χ2n) is 6.49. The Morgan fingerprint density at radius 1 is 1.10 bits per heavy atom. The molecule has 1 amide bonds. The van der Waals surface area contributed by atoms with Crippen LogP contribution in [0.3, 0.4) is 0 Å². The Morgan fingerprint density at radius 2 is 1.83 bits per heavy atom. The normalized spacial score (nSPS) is 13.4. The third-order valence-electron chi connectivity index (χ3n) is 4.29. The summed E-state index contributed by atoms with van der Waals surface area (Å²) in [5.41, 5.74) is 1.61. The van der Waals surface area contributed by atoms with E-state index >= 15 is 0 Å². The van der Waals surface area contributed by atoms with Crippen LogP contribution in [0.15, 0.2) is 53.4 Å². The van der Waals surface area contributed by atoms with Gasteiger partial charge in [0.25, 0.3) is 0 Å². The van der Waals surface area contributed by atoms with Gasteiger partial charge in [-0.1, -0.05) is 18.2 Å². The van der Waals surface area contributed by atoms with Crippen LogP contribution in [0.5, 0.6) is 11.5 Å². The van der Waals surface area contributed by atoms with Gasteiger partial charge in [0.1, 0.15) is 13.2 Å². The molecule has 2 aromatic carbocycles. The lowest BCUT2D eigenvalue weighted by Gasteiger charge is -2.18. The summed E-state index contributed by atoms with van der Waals surface area (Å²) in [6.45, 7) is 1.81. The van der Waals surface area contributed by atoms with Gasteiger partial charge < -0.3 is 19.5 Å². The Bertz CT molecular complexity index is 1000. The lowest BCUT2D eigenvalue weighted by atomic mass is 10.1. The van der Waals surface area contributed by atoms with Crippen molar-refractivity contribution in [1.29, 1.82) is 0 Å². The Kier molecular flexibility index (Phi) is 7.45. The standard InChI is InChI=1S/C21H24N2O6S/c1-27-11-10-23-30(25,26)18-6-2-17(3-7-18)15-22-21(24)9-5-16-4-8-19-20(14-16)29-13-12-28-19/h2-9,14,23H,10-13,15H2,1H3,(H,22,24)/b9-5-. The van der Waals surface area contributed by atoms with E-state index in [9.17, 15) is 13.2 Å². The number of hydrogen-bond acceptors (Lipinski definition) is 6. The number of benzene rings is 2. The predicted molar refractivity (Wildman–Crippen MR) is 112 cm³/mol. The van der Waals surface area contributed by atoms with Crippen LogP contribution in [-0.4, -0.2) is 47.8 Å². The zero-order chi connectivity index (χ0) is 21.4. The molecule has 0 aliphatic carbocycles. The maximum Gasteiger partial charge on any atom is 0.244 e. The first kappa shape index (κ1) is 21.8. The number of amides is 1. The lowest BCUT2D eigenvalue weighted by molar-refractivity contribution is -0.116. The summed E-state index contributed by atoms with van der Waals surface area (Å²) in [6, 6.07) is 11.8. The van der Waals surface area contributed by atoms with E-state index in [2.05, 4.69) is 10.0 Å². The van der Waals surface area contributed by atoms with E-state index in [1.807, 2.05) is 18.2 Å². The van der Waals surface area contributed by atoms with Gasteiger partial charge >= 0.3 is 0 Å². The topological polar surface area (TPSA) is 103 Å². The van der Waals surface area contributed by atoms with Gasteiger partial charge in [-0.15, -0.1) is 0 Å². The first-order valence-corrected chi connectivity index (χ1v) is 10.9. The number of hydrogen-bond donors (Lipinski definition) is 2. The molecule has 0 atom stereocenters. The fraction of sp³-hybridized carbons (Fsp3) is 0.286. The Balaban J connectivity index is 1.51. The molecule has 8 nitrogen and oxygen atoms in total. The van der Waals surface area contributed by atoms with E-state index in [4.69, 9.17) is 14.2 Å². The van der Waals surface area contributed by atoms with Crippen LogP contribution >= 0.6 is 0 Å². The molecule has 0 unspecified atom stereocenters. The van der Waals surface area contributed by atoms with Gasteiger partial charge in [-0.2, -0.15) is 0 Å². The molecule has 1 aliphatic rings. The van der Waals surface area contributed by atoms with E-state index in [1.165, 1.54) is 25.3 Å². The number of nitrogens with one attached hydrogen (secondary N) is 2. The summed E-state index contributed by atoms with van der Waals surface area (Å²) in [4.78, 5) is 12.2. The molecule has 0 spiro atoms. The molecular formula is C21H24N2O6S. The van der Waals surface area contributed by atoms with Crippen LogP contribution in [-0.2, 0) is 26.1 Å². The third kappa shape index (κ3) is 6.06. The van der Waals surface area contributed by atoms with Crippen LogP contribution in [0, 0.1) is 0 Å². The quantitative estimate of drug-likeness (QED) is 0.462. The maximum atomic E-state index is 12.1. The van der Waals surface area contributed by atoms with E-state index < -0.39 is 10.0 Å². The summed E-state index contributed by atoms with van der Waals surface area (Å²) in [7, 11) is -2.07. The van der Waals surface area contributed by atoms with Crippen molar-refractivity contribution in [2.45, 2.75) is 11.4 Å². The number of rotatable bonds is 9. The molecule has 0 aromatic heterocycles. The lowest BCUT2D eigenvalue weighted by Crippen LogP contribution is -2.27. The number of carbonyl (C=O) groups is 1. The van der Waals surface area contributed by atoms with Gasteiger partial charge in [0.15, 0.2) is 11.5 Å². The molecule has 9 heteroatoms. The van der Waals surface area contributed by atoms with Gasteiger partial charge in [-0.3, -0.25) is 4.79 Å². The van der Waals surface area contributed by atoms with Crippen molar-refractivity contribution in [1.82, 2.24) is 10.0 Å². The fourth-order valence-electron chi connectivity index (χ4n) is 2.73. The second-order valence-corrected chi connectivity index (χ2v) is 8.26. The number of carbonyl (C=O) groups excluding carboxylic acids is 1. The SMILES string of the molecule is COCCNS(=O)(=O)c1ccc(CNC(=O)/C=C\c2ccc3c(c2)OCCO3)cc1. The number of fused-ring (bicyclic) bond motifs is 1. The minimum atomic E-state index is -3.57. The van der Waals surface area contributed by atoms with Gasteiger partial charge in [-0.05, 0) is 41.5 Å². The van der Waals surface area contributed by atoms with Gasteiger partial charge in [0, 0.05) is 26.3 Å². The third-order valence-corrected chi connectivity index (χ3v) is 5.77. The molecule has 2 aromatic rings. The second kappa shape index (κ2) is 10.2. The van der Waals surface area contributed by atoms with Crippen LogP contribution in [0.2, 0.25) is 0 Å². The highest BCUT2D eigenvalue weighted by Gasteiger charge is 2.13. The first-order chi connectivity index (χ1) is 14.5. The molecule has 0 bridgehead atoms. The van der Waals surface area contributed by atoms with Gasteiger partial charge in [0.05, 0.1) is 11.5 Å². The van der Waals surface area contributed by atoms with Crippen molar-refractivity contribution in [3.8, 4) is 11.5 Å². The van der Waals surface area contributed by atoms with E-state index in [1.54, 1.807) is 18.2 Å². The largest absolute Gasteiger partial charge is 0.486 e. The Hall–Kier alpha value is -2.88. The highest BCUT2D eigenvalue weighted by Crippen LogP contribution is 2.31. The highest BCUT2D eigenvalue weighted by molar-refractivity contribution is 7.89. The zero-order valence-corrected chi connectivity index (χ0v) is 17.4. The monoisotopic (exact) mass is 432 g/mol. The van der Waals surface area contributed by atoms with E-state index in [0.717, 1.165) is 11.1 Å². The van der Waals surface area contributed by atoms with Gasteiger partial charge in [0.2, 0.25) is 15.9 Å². The summed E-state index contributed by atoms with van der Waals surface area (Å²) in [6.07, 6.45) is 3.12. The summed E-state index contributed by atoms with van der Waals surface area (Å²) in [5.74, 6) is 1.10. The van der Waals surface area contributed by atoms with Crippen molar-refractivity contribution in [2.24, 2.45) is 0 Å². The van der Waals surface area contributed by atoms with Crippen LogP contribution in [0.4, 0.5) is 0 Å². The summed E-state index contributed by atoms with van der Waals surface area (Å²) in [5, 5.41) is 2.77. The molecular weight excluding hydrogens is 408 g/mol. The smallest absolute Gasteiger partial charge is 0.244 e. The molecule has 0 fully saturated rings. The maximum absolute atomic E-state index is 12.1. The molecule has 1 heterocycles. The molecule has 3 rings (SSSR count). The number of sulfonamides is 1. The molecule has 30 heavy (non-hydrogen) atoms. The average molecular weight is 432 g/mol. The van der Waals surface area contributed by atoms with Crippen LogP contribution < -0.4 is 19.5 Å². The van der Waals surface area contributed by atoms with Crippen LogP contribution in [0.25, 0.3) is 6.08 Å². The molecule has 160 valence electrons. The molecule has 1 aliphatic heterocycles. The van der Waals surface area contributed by atoms with Crippen molar-refractivity contribution < 1.29 is 27.4 Å². The zero-order valence-electron chi connectivity index (χ0n) is 16.6. The average Bonchev–Trinajstić information content (AvgIpc) is 2.76. The van der Waals surface area contributed by atoms with Crippen LogP contribution in [0.1, 0.15) is 11.1 Å². The fourth-order valence-corrected chi connectivity index (χ4v) is 3.74. The van der Waals surface area contributed by atoms with E-state index in [0.29, 0.717) is 31.3 Å². The van der Waals surface area contributed by atoms with E-state index in [-0.39, 0.29) is 23.9 Å². The molecule has 0 saturated carbocycles. The summed E-state index contributed by atoms with van der Waals surface area (Å²) < 4.78 is 42.5. The van der Waals surface area contributed by atoms with Crippen molar-refractivity contribution in [2.75, 3.05) is 33.5 Å². The molecule has 0 saturated heterocycles. The van der Waals surface area contributed by atoms with Gasteiger partial charge in [-0.25, -0.2) is 13.1 Å². The minimum absolute atomic E-state index is 0.159. The number of ether oxygens (including phenoxy) is 3. The molecule has 2 N–H and O–H groups in total. The van der Waals surface area contributed by atoms with Crippen molar-refractivity contribution in [3.05, 3.63) is 59.7 Å². The van der Waals surface area contributed by atoms with Crippen molar-refractivity contribution in [3.63, 3.8) is 0 Å². The molecule has 0 radical (unpaired) electrons. The number of methoxy groups -OCH3 is 1. The Morgan fingerprint density at radius 3 is 2.57 bits per heavy atom. The summed E-state index contributed by atoms with van der Waals surface area (Å²) >= 11 is 0. The first-order valence-electron chi connectivity index (χ1n) is 9.41. The predicted octanol–water partition coefficient (Wildman–Crippen LogP) is 1.71. The highest BCUT2D eigenvalue weighted by atomic mass is 32.2. The minimum Gasteiger partial charge on any atom is -0.486 e.